The Labute approximate surface area is 97.3 Å². The molecule has 0 bridgehead atoms. The monoisotopic (exact) mass is 259 g/mol. The first kappa shape index (κ1) is 12.0. The van der Waals surface area contributed by atoms with Gasteiger partial charge in [-0.1, -0.05) is 0 Å². The molecule has 1 aliphatic rings. The van der Waals surface area contributed by atoms with E-state index < -0.39 is 31.2 Å². The van der Waals surface area contributed by atoms with Gasteiger partial charge in [0.1, 0.15) is 10.7 Å². The minimum Gasteiger partial charge on any atom is -0.258 e. The van der Waals surface area contributed by atoms with Gasteiger partial charge in [-0.2, -0.15) is 0 Å². The second-order valence-electron chi connectivity index (χ2n) is 4.10. The van der Waals surface area contributed by atoms with Gasteiger partial charge in [-0.25, -0.2) is 12.8 Å². The van der Waals surface area contributed by atoms with Crippen molar-refractivity contribution >= 4 is 15.5 Å². The quantitative estimate of drug-likeness (QED) is 0.611. The Bertz CT molecular complexity index is 566. The van der Waals surface area contributed by atoms with Gasteiger partial charge in [-0.05, 0) is 24.8 Å². The van der Waals surface area contributed by atoms with E-state index in [0.717, 1.165) is 31.0 Å². The lowest BCUT2D eigenvalue weighted by Crippen LogP contribution is -2.10. The Morgan fingerprint density at radius 2 is 2.06 bits per heavy atom. The molecule has 1 aromatic carbocycles. The van der Waals surface area contributed by atoms with Crippen molar-refractivity contribution in [2.24, 2.45) is 5.92 Å². The van der Waals surface area contributed by atoms with Gasteiger partial charge in [0.2, 0.25) is 0 Å². The summed E-state index contributed by atoms with van der Waals surface area (Å²) in [5.41, 5.74) is -0.416. The largest absolute Gasteiger partial charge is 0.270 e. The van der Waals surface area contributed by atoms with Crippen LogP contribution >= 0.6 is 0 Å². The maximum atomic E-state index is 13.4. The number of nitrogens with zero attached hydrogens (tertiary/aromatic N) is 1. The lowest BCUT2D eigenvalue weighted by Gasteiger charge is -2.04. The van der Waals surface area contributed by atoms with Gasteiger partial charge >= 0.3 is 0 Å². The predicted molar refractivity (Wildman–Crippen MR) is 57.8 cm³/mol. The highest BCUT2D eigenvalue weighted by atomic mass is 32.2. The van der Waals surface area contributed by atoms with Crippen molar-refractivity contribution in [3.63, 3.8) is 0 Å². The lowest BCUT2D eigenvalue weighted by atomic mass is 10.3. The molecule has 7 heteroatoms. The molecule has 0 heterocycles. The van der Waals surface area contributed by atoms with Crippen LogP contribution < -0.4 is 0 Å². The Morgan fingerprint density at radius 1 is 1.41 bits per heavy atom. The van der Waals surface area contributed by atoms with Crippen LogP contribution in [0.1, 0.15) is 12.8 Å². The van der Waals surface area contributed by atoms with Gasteiger partial charge in [0.15, 0.2) is 9.84 Å². The van der Waals surface area contributed by atoms with Gasteiger partial charge in [-0.3, -0.25) is 10.1 Å². The molecule has 1 fully saturated rings. The molecule has 0 amide bonds. The lowest BCUT2D eigenvalue weighted by molar-refractivity contribution is -0.385. The third-order valence-electron chi connectivity index (χ3n) is 2.61. The van der Waals surface area contributed by atoms with Crippen LogP contribution in [0.3, 0.4) is 0 Å². The van der Waals surface area contributed by atoms with E-state index in [4.69, 9.17) is 0 Å². The summed E-state index contributed by atoms with van der Waals surface area (Å²) in [5.74, 6) is -1.000. The number of nitro groups is 1. The standard InChI is InChI=1S/C10H10FNO4S/c11-9-4-3-8(12(13)14)5-10(9)17(15,16)6-7-1-2-7/h3-5,7H,1-2,6H2. The molecule has 1 saturated carbocycles. The summed E-state index contributed by atoms with van der Waals surface area (Å²) in [4.78, 5) is 9.20. The molecular weight excluding hydrogens is 249 g/mol. The molecule has 0 radical (unpaired) electrons. The summed E-state index contributed by atoms with van der Waals surface area (Å²) >= 11 is 0. The van der Waals surface area contributed by atoms with Crippen LogP contribution in [0, 0.1) is 21.8 Å². The zero-order chi connectivity index (χ0) is 12.6. The highest BCUT2D eigenvalue weighted by Gasteiger charge is 2.31. The first-order chi connectivity index (χ1) is 7.90. The summed E-state index contributed by atoms with van der Waals surface area (Å²) in [6.45, 7) is 0. The summed E-state index contributed by atoms with van der Waals surface area (Å²) in [7, 11) is -3.76. The normalized spacial score (nSPS) is 15.8. The topological polar surface area (TPSA) is 77.3 Å². The third-order valence-corrected chi connectivity index (χ3v) is 4.51. The van der Waals surface area contributed by atoms with Gasteiger partial charge in [0.05, 0.1) is 10.7 Å². The zero-order valence-electron chi connectivity index (χ0n) is 8.80. The minimum atomic E-state index is -3.76. The van der Waals surface area contributed by atoms with Gasteiger partial charge in [0, 0.05) is 12.1 Å². The highest BCUT2D eigenvalue weighted by molar-refractivity contribution is 7.91. The van der Waals surface area contributed by atoms with Crippen molar-refractivity contribution < 1.29 is 17.7 Å². The van der Waals surface area contributed by atoms with Crippen LogP contribution in [-0.2, 0) is 9.84 Å². The molecule has 2 rings (SSSR count). The molecule has 0 aliphatic heterocycles. The van der Waals surface area contributed by atoms with Crippen LogP contribution in [0.4, 0.5) is 10.1 Å². The Kier molecular flexibility index (Phi) is 2.86. The molecule has 1 aliphatic carbocycles. The van der Waals surface area contributed by atoms with Crippen LogP contribution in [0.15, 0.2) is 23.1 Å². The van der Waals surface area contributed by atoms with Crippen molar-refractivity contribution in [3.8, 4) is 0 Å². The Morgan fingerprint density at radius 3 is 2.59 bits per heavy atom. The molecular formula is C10H10FNO4S. The van der Waals surface area contributed by atoms with Crippen LogP contribution in [-0.4, -0.2) is 19.1 Å². The second kappa shape index (κ2) is 4.06. The van der Waals surface area contributed by atoms with Crippen molar-refractivity contribution in [2.75, 3.05) is 5.75 Å². The molecule has 0 saturated heterocycles. The number of halogens is 1. The molecule has 0 N–H and O–H groups in total. The molecule has 17 heavy (non-hydrogen) atoms. The first-order valence-electron chi connectivity index (χ1n) is 5.07. The average Bonchev–Trinajstić information content (AvgIpc) is 3.00. The molecule has 0 aromatic heterocycles. The zero-order valence-corrected chi connectivity index (χ0v) is 9.61. The van der Waals surface area contributed by atoms with E-state index in [1.54, 1.807) is 0 Å². The van der Waals surface area contributed by atoms with E-state index in [1.165, 1.54) is 0 Å². The number of hydrogen-bond donors (Lipinski definition) is 0. The fourth-order valence-corrected chi connectivity index (χ4v) is 3.33. The average molecular weight is 259 g/mol. The highest BCUT2D eigenvalue weighted by Crippen LogP contribution is 2.33. The van der Waals surface area contributed by atoms with E-state index in [2.05, 4.69) is 0 Å². The molecule has 92 valence electrons. The van der Waals surface area contributed by atoms with E-state index >= 15 is 0 Å². The minimum absolute atomic E-state index is 0.0682. The molecule has 0 unspecified atom stereocenters. The molecule has 1 aromatic rings. The van der Waals surface area contributed by atoms with Gasteiger partial charge < -0.3 is 0 Å². The third kappa shape index (κ3) is 2.60. The van der Waals surface area contributed by atoms with Crippen LogP contribution in [0.2, 0.25) is 0 Å². The smallest absolute Gasteiger partial charge is 0.258 e. The summed E-state index contributed by atoms with van der Waals surface area (Å²) < 4.78 is 37.0. The fourth-order valence-electron chi connectivity index (χ4n) is 1.53. The molecule has 0 spiro atoms. The Balaban J connectivity index is 2.42. The second-order valence-corrected chi connectivity index (χ2v) is 6.10. The maximum Gasteiger partial charge on any atom is 0.270 e. The fraction of sp³-hybridized carbons (Fsp3) is 0.400. The molecule has 0 atom stereocenters. The van der Waals surface area contributed by atoms with Crippen molar-refractivity contribution in [1.82, 2.24) is 0 Å². The summed E-state index contributed by atoms with van der Waals surface area (Å²) in [5, 5.41) is 10.5. The number of non-ortho nitro benzene ring substituents is 1. The van der Waals surface area contributed by atoms with Crippen molar-refractivity contribution in [1.29, 1.82) is 0 Å². The number of rotatable bonds is 4. The van der Waals surface area contributed by atoms with Crippen LogP contribution in [0.5, 0.6) is 0 Å². The van der Waals surface area contributed by atoms with E-state index in [-0.39, 0.29) is 11.7 Å². The SMILES string of the molecule is O=[N+]([O-])c1ccc(F)c(S(=O)(=O)CC2CC2)c1. The summed E-state index contributed by atoms with van der Waals surface area (Å²) in [6, 6.07) is 2.55. The number of sulfone groups is 1. The first-order valence-corrected chi connectivity index (χ1v) is 6.72. The van der Waals surface area contributed by atoms with E-state index in [1.807, 2.05) is 0 Å². The number of benzene rings is 1. The van der Waals surface area contributed by atoms with E-state index in [9.17, 15) is 22.9 Å². The van der Waals surface area contributed by atoms with Crippen molar-refractivity contribution in [3.05, 3.63) is 34.1 Å². The van der Waals surface area contributed by atoms with E-state index in [0.29, 0.717) is 0 Å². The van der Waals surface area contributed by atoms with Gasteiger partial charge in [0.25, 0.3) is 5.69 Å². The number of hydrogen-bond acceptors (Lipinski definition) is 4. The number of nitro benzene ring substituents is 1. The van der Waals surface area contributed by atoms with Gasteiger partial charge in [-0.15, -0.1) is 0 Å². The summed E-state index contributed by atoms with van der Waals surface area (Å²) in [6.07, 6.45) is 1.63. The predicted octanol–water partition coefficient (Wildman–Crippen LogP) is 1.92. The van der Waals surface area contributed by atoms with Crippen LogP contribution in [0.25, 0.3) is 0 Å². The maximum absolute atomic E-state index is 13.4. The van der Waals surface area contributed by atoms with Crippen molar-refractivity contribution in [2.45, 2.75) is 17.7 Å². The molecule has 5 nitrogen and oxygen atoms in total. The Hall–Kier alpha value is -1.50.